The van der Waals surface area contributed by atoms with Crippen molar-refractivity contribution in [3.8, 4) is 5.75 Å². The summed E-state index contributed by atoms with van der Waals surface area (Å²) in [6.07, 6.45) is 4.02. The number of Topliss-reactive ketones (excluding diaryl/α,β-unsaturated/α-hetero) is 1. The average molecular weight is 739 g/mol. The molecular formula is C41H58O8SSi. The highest BCUT2D eigenvalue weighted by Crippen LogP contribution is 2.55. The number of carbonyl (C=O) groups excluding carboxylic acids is 1. The number of methoxy groups -OCH3 is 2. The lowest BCUT2D eigenvalue weighted by Crippen LogP contribution is -2.63. The van der Waals surface area contributed by atoms with Crippen molar-refractivity contribution in [1.29, 1.82) is 0 Å². The van der Waals surface area contributed by atoms with Crippen molar-refractivity contribution in [2.45, 2.75) is 93.5 Å². The van der Waals surface area contributed by atoms with Crippen molar-refractivity contribution in [2.24, 2.45) is 23.2 Å². The van der Waals surface area contributed by atoms with Crippen molar-refractivity contribution in [1.82, 2.24) is 0 Å². The molecule has 1 unspecified atom stereocenters. The Balaban J connectivity index is 1.63. The van der Waals surface area contributed by atoms with Gasteiger partial charge in [-0.15, -0.1) is 18.3 Å². The minimum atomic E-state index is -1.34. The molecule has 0 amide bonds. The zero-order valence-corrected chi connectivity index (χ0v) is 33.5. The lowest BCUT2D eigenvalue weighted by Gasteiger charge is -2.52. The Bertz CT molecular complexity index is 1470. The van der Waals surface area contributed by atoms with E-state index in [2.05, 4.69) is 70.4 Å². The summed E-state index contributed by atoms with van der Waals surface area (Å²) in [4.78, 5) is 16.1. The number of carbonyl (C=O) groups is 1. The average Bonchev–Trinajstić information content (AvgIpc) is 3.41. The predicted molar refractivity (Wildman–Crippen MR) is 205 cm³/mol. The fraction of sp³-hybridized carbons (Fsp3) is 0.585. The summed E-state index contributed by atoms with van der Waals surface area (Å²) in [5, 5.41) is -0.185. The van der Waals surface area contributed by atoms with Crippen LogP contribution < -0.4 is 4.74 Å². The van der Waals surface area contributed by atoms with Crippen LogP contribution in [0.3, 0.4) is 0 Å². The molecule has 8 nitrogen and oxygen atoms in total. The number of benzene rings is 2. The maximum absolute atomic E-state index is 15.0. The van der Waals surface area contributed by atoms with Gasteiger partial charge in [-0.25, -0.2) is 0 Å². The number of allylic oxidation sites excluding steroid dienone is 1. The third-order valence-electron chi connectivity index (χ3n) is 11.0. The molecule has 0 radical (unpaired) electrons. The standard InChI is InChI=1S/C41H58O8SSi/c1-10-35-41(48-27-45-22-23-51(7,8)9,25-46-39(49-35)29-16-19-31(44-6)20-17-29)36-28(2)37(42)38(47-26-43-5)33-21-18-30(40(33,3)4)24-34(36)50-32-14-12-11-13-15-32/h10-17,19-20,24,28,33-36,38-39H,1,18,21-23,25-27H2,2-9H3/t28-,33?,34+,35+,36+,38+,39-,41-/m0/s1. The number of rotatable bonds is 15. The smallest absolute Gasteiger partial charge is 0.184 e. The van der Waals surface area contributed by atoms with Crippen LogP contribution in [0, 0.1) is 23.2 Å². The van der Waals surface area contributed by atoms with Crippen molar-refractivity contribution in [3.63, 3.8) is 0 Å². The number of ketones is 1. The molecule has 3 aliphatic rings. The molecule has 2 bridgehead atoms. The van der Waals surface area contributed by atoms with Crippen molar-refractivity contribution in [2.75, 3.05) is 41.0 Å². The first-order valence-electron chi connectivity index (χ1n) is 18.2. The van der Waals surface area contributed by atoms with E-state index in [-0.39, 0.29) is 42.6 Å². The highest BCUT2D eigenvalue weighted by atomic mass is 32.2. The molecule has 2 aromatic rings. The Morgan fingerprint density at radius 2 is 1.76 bits per heavy atom. The molecule has 0 N–H and O–H groups in total. The van der Waals surface area contributed by atoms with Crippen LogP contribution in [0.1, 0.15) is 45.5 Å². The predicted octanol–water partition coefficient (Wildman–Crippen LogP) is 8.71. The van der Waals surface area contributed by atoms with Gasteiger partial charge in [0.1, 0.15) is 37.1 Å². The van der Waals surface area contributed by atoms with E-state index in [1.807, 2.05) is 37.3 Å². The zero-order valence-electron chi connectivity index (χ0n) is 31.7. The van der Waals surface area contributed by atoms with E-state index in [0.717, 1.165) is 35.1 Å². The lowest BCUT2D eigenvalue weighted by molar-refractivity contribution is -0.323. The van der Waals surface area contributed by atoms with E-state index >= 15 is 4.79 Å². The van der Waals surface area contributed by atoms with E-state index in [4.69, 9.17) is 33.2 Å². The molecule has 8 atom stereocenters. The SMILES string of the molecule is C=C[C@H]1O[C@@H](c2ccc(OC)cc2)OC[C@@]1(OCOCC[Si](C)(C)C)[C@@H]1[C@H](C)C(=O)[C@H](OCOC)C2CCC(=C[C@H]1Sc1ccccc1)C2(C)C. The van der Waals surface area contributed by atoms with Crippen LogP contribution in [0.5, 0.6) is 5.75 Å². The fourth-order valence-corrected chi connectivity index (χ4v) is 10.2. The second kappa shape index (κ2) is 17.2. The molecule has 10 heteroatoms. The van der Waals surface area contributed by atoms with Crippen LogP contribution in [-0.2, 0) is 33.2 Å². The summed E-state index contributed by atoms with van der Waals surface area (Å²) in [5.74, 6) is -0.156. The molecule has 1 aliphatic heterocycles. The van der Waals surface area contributed by atoms with Gasteiger partial charge in [0.2, 0.25) is 0 Å². The molecule has 0 spiro atoms. The summed E-state index contributed by atoms with van der Waals surface area (Å²) in [5.41, 5.74) is 0.778. The van der Waals surface area contributed by atoms with Crippen LogP contribution in [0.4, 0.5) is 0 Å². The Morgan fingerprint density at radius 1 is 1.04 bits per heavy atom. The summed E-state index contributed by atoms with van der Waals surface area (Å²) < 4.78 is 43.8. The summed E-state index contributed by atoms with van der Waals surface area (Å²) in [6, 6.07) is 19.1. The molecule has 1 saturated carbocycles. The number of hydrogen-bond acceptors (Lipinski definition) is 9. The first-order chi connectivity index (χ1) is 24.3. The highest BCUT2D eigenvalue weighted by Gasteiger charge is 2.59. The Hall–Kier alpha value is -2.28. The van der Waals surface area contributed by atoms with E-state index in [0.29, 0.717) is 6.61 Å². The van der Waals surface area contributed by atoms with Gasteiger partial charge in [0.15, 0.2) is 12.1 Å². The minimum Gasteiger partial charge on any atom is -0.497 e. The summed E-state index contributed by atoms with van der Waals surface area (Å²) in [7, 11) is 1.90. The van der Waals surface area contributed by atoms with E-state index in [9.17, 15) is 0 Å². The van der Waals surface area contributed by atoms with Gasteiger partial charge in [-0.3, -0.25) is 4.79 Å². The number of fused-ring (bicyclic) bond motifs is 2. The minimum absolute atomic E-state index is 0.00486. The Morgan fingerprint density at radius 3 is 2.41 bits per heavy atom. The third-order valence-corrected chi connectivity index (χ3v) is 13.9. The maximum atomic E-state index is 15.0. The number of ether oxygens (including phenoxy) is 7. The van der Waals surface area contributed by atoms with Crippen molar-refractivity contribution < 1.29 is 38.0 Å². The molecule has 51 heavy (non-hydrogen) atoms. The zero-order chi connectivity index (χ0) is 36.8. The highest BCUT2D eigenvalue weighted by molar-refractivity contribution is 8.00. The molecule has 0 aromatic heterocycles. The Kier molecular flexibility index (Phi) is 13.5. The molecule has 2 fully saturated rings. The number of thioether (sulfide) groups is 1. The fourth-order valence-electron chi connectivity index (χ4n) is 7.95. The topological polar surface area (TPSA) is 81.7 Å². The molecule has 1 saturated heterocycles. The third kappa shape index (κ3) is 9.09. The van der Waals surface area contributed by atoms with Crippen molar-refractivity contribution >= 4 is 25.6 Å². The quantitative estimate of drug-likeness (QED) is 0.0772. The second-order valence-electron chi connectivity index (χ2n) is 15.8. The van der Waals surface area contributed by atoms with Gasteiger partial charge in [0.25, 0.3) is 0 Å². The van der Waals surface area contributed by atoms with Crippen LogP contribution in [0.15, 0.2) is 83.8 Å². The molecule has 280 valence electrons. The first kappa shape index (κ1) is 39.9. The molecule has 2 aliphatic carbocycles. The van der Waals surface area contributed by atoms with E-state index in [1.54, 1.807) is 32.1 Å². The largest absolute Gasteiger partial charge is 0.497 e. The van der Waals surface area contributed by atoms with Gasteiger partial charge in [-0.05, 0) is 48.6 Å². The maximum Gasteiger partial charge on any atom is 0.184 e. The monoisotopic (exact) mass is 738 g/mol. The van der Waals surface area contributed by atoms with Gasteiger partial charge < -0.3 is 33.2 Å². The molecule has 5 rings (SSSR count). The van der Waals surface area contributed by atoms with E-state index in [1.165, 1.54) is 5.57 Å². The summed E-state index contributed by atoms with van der Waals surface area (Å²) >= 11 is 1.75. The van der Waals surface area contributed by atoms with Gasteiger partial charge in [0.05, 0.1) is 13.7 Å². The van der Waals surface area contributed by atoms with Gasteiger partial charge in [-0.2, -0.15) is 0 Å². The molecular weight excluding hydrogens is 681 g/mol. The first-order valence-corrected chi connectivity index (χ1v) is 22.8. The van der Waals surface area contributed by atoms with Gasteiger partial charge >= 0.3 is 0 Å². The van der Waals surface area contributed by atoms with Gasteiger partial charge in [0, 0.05) is 55.3 Å². The van der Waals surface area contributed by atoms with Crippen LogP contribution in [0.25, 0.3) is 0 Å². The van der Waals surface area contributed by atoms with Crippen LogP contribution in [-0.4, -0.2) is 77.9 Å². The number of hydrogen-bond donors (Lipinski definition) is 0. The van der Waals surface area contributed by atoms with Gasteiger partial charge in [-0.1, -0.05) is 88.5 Å². The molecule has 1 heterocycles. The summed E-state index contributed by atoms with van der Waals surface area (Å²) in [6.45, 7) is 18.6. The van der Waals surface area contributed by atoms with E-state index < -0.39 is 44.0 Å². The Labute approximate surface area is 310 Å². The lowest BCUT2D eigenvalue weighted by atomic mass is 9.69. The molecule has 2 aromatic carbocycles. The van der Waals surface area contributed by atoms with Crippen LogP contribution in [0.2, 0.25) is 25.7 Å². The van der Waals surface area contributed by atoms with Crippen LogP contribution >= 0.6 is 11.8 Å². The normalized spacial score (nSPS) is 30.9. The second-order valence-corrected chi connectivity index (χ2v) is 22.7. The van der Waals surface area contributed by atoms with Crippen molar-refractivity contribution in [3.05, 3.63) is 84.5 Å².